The third kappa shape index (κ3) is 18.3. The molecule has 1 aromatic rings. The predicted octanol–water partition coefficient (Wildman–Crippen LogP) is -2.39. The molecule has 0 aliphatic heterocycles. The van der Waals surface area contributed by atoms with Crippen LogP contribution >= 0.6 is 0 Å². The van der Waals surface area contributed by atoms with Crippen LogP contribution in [-0.4, -0.2) is 62.4 Å². The van der Waals surface area contributed by atoms with Gasteiger partial charge in [-0.2, -0.15) is 15.0 Å². The summed E-state index contributed by atoms with van der Waals surface area (Å²) in [5, 5.41) is 31.7. The highest BCUT2D eigenvalue weighted by molar-refractivity contribution is 6.32. The van der Waals surface area contributed by atoms with Gasteiger partial charge in [0.2, 0.25) is 17.8 Å². The highest BCUT2D eigenvalue weighted by Crippen LogP contribution is 2.12. The van der Waals surface area contributed by atoms with Crippen molar-refractivity contribution in [3.63, 3.8) is 0 Å². The van der Waals surface area contributed by atoms with E-state index in [-0.39, 0.29) is 36.5 Å². The van der Waals surface area contributed by atoms with Crippen molar-refractivity contribution in [3.8, 4) is 0 Å². The third-order valence-electron chi connectivity index (χ3n) is 1.45. The number of nitrogen functional groups attached to an aromatic ring is 3. The lowest BCUT2D eigenvalue weighted by atomic mass is 9.98. The van der Waals surface area contributed by atoms with Gasteiger partial charge in [-0.15, -0.1) is 0 Å². The number of aromatic nitrogens is 3. The third-order valence-corrected chi connectivity index (χ3v) is 1.45. The summed E-state index contributed by atoms with van der Waals surface area (Å²) in [6.07, 6.45) is 0. The number of anilines is 3. The Bertz CT molecular complexity index is 351. The average molecular weight is 320 g/mol. The van der Waals surface area contributed by atoms with Gasteiger partial charge >= 0.3 is 7.32 Å². The van der Waals surface area contributed by atoms with Gasteiger partial charge in [-0.3, -0.25) is 0 Å². The molecular weight excluding hydrogens is 295 g/mol. The Labute approximate surface area is 129 Å². The summed E-state index contributed by atoms with van der Waals surface area (Å²) in [5.74, 6) is 0.125. The van der Waals surface area contributed by atoms with E-state index < -0.39 is 7.32 Å². The summed E-state index contributed by atoms with van der Waals surface area (Å²) >= 11 is 0. The van der Waals surface area contributed by atoms with E-state index in [4.69, 9.17) is 37.5 Å². The van der Waals surface area contributed by atoms with Crippen LogP contribution in [0, 0.1) is 5.41 Å². The topological polar surface area (TPSA) is 207 Å². The molecule has 0 saturated heterocycles. The summed E-state index contributed by atoms with van der Waals surface area (Å²) < 4.78 is 4.52. The van der Waals surface area contributed by atoms with Crippen molar-refractivity contribution >= 4 is 25.2 Å². The fourth-order valence-corrected chi connectivity index (χ4v) is 0.752. The van der Waals surface area contributed by atoms with Crippen LogP contribution in [0.2, 0.25) is 0 Å². The number of nitrogens with zero attached hydrogens (tertiary/aromatic N) is 3. The minimum atomic E-state index is -1.63. The Morgan fingerprint density at radius 2 is 1.23 bits per heavy atom. The molecule has 0 aliphatic carbocycles. The standard InChI is InChI=1S/C5H13BO3.C3H6N6.C2H6O2/c1-5(2,3)4-9-6(7)8;4-1-7-2(5)9-3(6)8-1;3-1-2-4/h7-8H,4H2,1-3H3;(H6,4,5,6,7,8,9);3-4H,1-2H2. The van der Waals surface area contributed by atoms with Crippen LogP contribution in [0.1, 0.15) is 20.8 Å². The first-order chi connectivity index (χ1) is 10.0. The lowest BCUT2D eigenvalue weighted by Crippen LogP contribution is -2.24. The SMILES string of the molecule is CC(C)(C)COB(O)O.Nc1nc(N)nc(N)n1.OCCO. The number of aliphatic hydroxyl groups is 2. The Morgan fingerprint density at radius 3 is 1.36 bits per heavy atom. The summed E-state index contributed by atoms with van der Waals surface area (Å²) in [7, 11) is -1.63. The highest BCUT2D eigenvalue weighted by atomic mass is 16.6. The van der Waals surface area contributed by atoms with E-state index in [2.05, 4.69) is 19.6 Å². The van der Waals surface area contributed by atoms with Crippen LogP contribution in [0.4, 0.5) is 17.8 Å². The van der Waals surface area contributed by atoms with Gasteiger partial charge in [0.05, 0.1) is 13.2 Å². The Balaban J connectivity index is 0. The highest BCUT2D eigenvalue weighted by Gasteiger charge is 2.15. The van der Waals surface area contributed by atoms with Crippen molar-refractivity contribution in [2.45, 2.75) is 20.8 Å². The fourth-order valence-electron chi connectivity index (χ4n) is 0.752. The van der Waals surface area contributed by atoms with E-state index in [0.717, 1.165) is 0 Å². The lowest BCUT2D eigenvalue weighted by Gasteiger charge is -2.17. The molecule has 1 aromatic heterocycles. The number of nitrogens with two attached hydrogens (primary N) is 3. The maximum atomic E-state index is 8.25. The van der Waals surface area contributed by atoms with Gasteiger partial charge in [0.15, 0.2) is 0 Å². The lowest BCUT2D eigenvalue weighted by molar-refractivity contribution is 0.126. The van der Waals surface area contributed by atoms with E-state index in [1.165, 1.54) is 0 Å². The van der Waals surface area contributed by atoms with Crippen molar-refractivity contribution in [2.75, 3.05) is 37.0 Å². The quantitative estimate of drug-likeness (QED) is 0.292. The van der Waals surface area contributed by atoms with Crippen molar-refractivity contribution in [1.29, 1.82) is 0 Å². The van der Waals surface area contributed by atoms with Crippen molar-refractivity contribution in [2.24, 2.45) is 5.41 Å². The largest absolute Gasteiger partial charge is 0.633 e. The normalized spacial score (nSPS) is 9.95. The van der Waals surface area contributed by atoms with E-state index in [1.807, 2.05) is 20.8 Å². The average Bonchev–Trinajstić information content (AvgIpc) is 2.35. The van der Waals surface area contributed by atoms with Gasteiger partial charge in [0, 0.05) is 6.61 Å². The zero-order valence-corrected chi connectivity index (χ0v) is 13.0. The van der Waals surface area contributed by atoms with Crippen molar-refractivity contribution < 1.29 is 24.9 Å². The van der Waals surface area contributed by atoms with Crippen LogP contribution in [0.15, 0.2) is 0 Å². The molecule has 10 N–H and O–H groups in total. The Kier molecular flexibility index (Phi) is 12.2. The molecule has 0 amide bonds. The van der Waals surface area contributed by atoms with Crippen LogP contribution in [-0.2, 0) is 4.65 Å². The molecule has 0 spiro atoms. The van der Waals surface area contributed by atoms with Gasteiger partial charge in [-0.25, -0.2) is 0 Å². The smallest absolute Gasteiger partial charge is 0.402 e. The molecule has 0 saturated carbocycles. The molecule has 0 fully saturated rings. The van der Waals surface area contributed by atoms with Gasteiger partial charge in [0.1, 0.15) is 0 Å². The molecule has 0 aromatic carbocycles. The monoisotopic (exact) mass is 320 g/mol. The van der Waals surface area contributed by atoms with Crippen LogP contribution in [0.5, 0.6) is 0 Å². The van der Waals surface area contributed by atoms with Crippen LogP contribution < -0.4 is 17.2 Å². The molecule has 22 heavy (non-hydrogen) atoms. The summed E-state index contributed by atoms with van der Waals surface area (Å²) in [6, 6.07) is 0. The van der Waals surface area contributed by atoms with E-state index in [1.54, 1.807) is 0 Å². The molecule has 128 valence electrons. The zero-order valence-electron chi connectivity index (χ0n) is 13.0. The summed E-state index contributed by atoms with van der Waals surface area (Å²) in [6.45, 7) is 5.96. The van der Waals surface area contributed by atoms with Crippen molar-refractivity contribution in [3.05, 3.63) is 0 Å². The molecule has 0 aliphatic rings. The summed E-state index contributed by atoms with van der Waals surface area (Å²) in [5.41, 5.74) is 15.4. The number of hydrogen-bond acceptors (Lipinski definition) is 11. The maximum Gasteiger partial charge on any atom is 0.633 e. The number of rotatable bonds is 3. The molecule has 1 rings (SSSR count). The minimum absolute atomic E-state index is 0.0102. The molecule has 0 bridgehead atoms. The maximum absolute atomic E-state index is 8.25. The molecule has 0 atom stereocenters. The Hall–Kier alpha value is -1.73. The van der Waals surface area contributed by atoms with Gasteiger partial charge in [0.25, 0.3) is 0 Å². The molecule has 0 radical (unpaired) electrons. The first-order valence-electron chi connectivity index (χ1n) is 6.23. The Morgan fingerprint density at radius 1 is 0.909 bits per heavy atom. The molecule has 12 heteroatoms. The zero-order chi connectivity index (χ0) is 17.8. The number of aliphatic hydroxyl groups excluding tert-OH is 2. The van der Waals surface area contributed by atoms with Gasteiger partial charge in [-0.05, 0) is 5.41 Å². The molecule has 1 heterocycles. The van der Waals surface area contributed by atoms with Crippen molar-refractivity contribution in [1.82, 2.24) is 15.0 Å². The second kappa shape index (κ2) is 11.9. The minimum Gasteiger partial charge on any atom is -0.402 e. The van der Waals surface area contributed by atoms with Gasteiger partial charge < -0.3 is 42.1 Å². The fraction of sp³-hybridized carbons (Fsp3) is 0.700. The molecule has 0 unspecified atom stereocenters. The molecule has 11 nitrogen and oxygen atoms in total. The second-order valence-corrected chi connectivity index (χ2v) is 5.06. The first kappa shape index (κ1) is 22.6. The second-order valence-electron chi connectivity index (χ2n) is 5.06. The summed E-state index contributed by atoms with van der Waals surface area (Å²) in [4.78, 5) is 10.5. The number of hydrogen-bond donors (Lipinski definition) is 7. The van der Waals surface area contributed by atoms with E-state index in [9.17, 15) is 0 Å². The van der Waals surface area contributed by atoms with Crippen LogP contribution in [0.25, 0.3) is 0 Å². The predicted molar refractivity (Wildman–Crippen MR) is 82.8 cm³/mol. The molecular formula is C10H25BN6O5. The van der Waals surface area contributed by atoms with Gasteiger partial charge in [-0.1, -0.05) is 20.8 Å². The van der Waals surface area contributed by atoms with E-state index >= 15 is 0 Å². The first-order valence-corrected chi connectivity index (χ1v) is 6.23. The van der Waals surface area contributed by atoms with E-state index in [0.29, 0.717) is 6.61 Å². The van der Waals surface area contributed by atoms with Crippen LogP contribution in [0.3, 0.4) is 0 Å².